The molecule has 0 saturated carbocycles. The zero-order chi connectivity index (χ0) is 15.1. The van der Waals surface area contributed by atoms with Crippen molar-refractivity contribution in [2.24, 2.45) is 5.92 Å². The molecule has 0 spiro atoms. The maximum absolute atomic E-state index is 13.1. The van der Waals surface area contributed by atoms with Crippen molar-refractivity contribution in [3.8, 4) is 0 Å². The van der Waals surface area contributed by atoms with Crippen LogP contribution in [-0.2, 0) is 16.1 Å². The average Bonchev–Trinajstić information content (AvgIpc) is 2.35. The second-order valence-electron chi connectivity index (χ2n) is 4.75. The Morgan fingerprint density at radius 3 is 2.60 bits per heavy atom. The van der Waals surface area contributed by atoms with Crippen LogP contribution in [0.4, 0.5) is 4.39 Å². The Balaban J connectivity index is 2.70. The highest BCUT2D eigenvalue weighted by Gasteiger charge is 2.17. The van der Waals surface area contributed by atoms with Gasteiger partial charge in [0.25, 0.3) is 0 Å². The Morgan fingerprint density at radius 1 is 1.35 bits per heavy atom. The minimum absolute atomic E-state index is 0.0817. The molecule has 0 saturated heterocycles. The van der Waals surface area contributed by atoms with Crippen LogP contribution in [0.5, 0.6) is 0 Å². The third-order valence-corrected chi connectivity index (χ3v) is 2.89. The molecule has 0 bridgehead atoms. The van der Waals surface area contributed by atoms with Crippen molar-refractivity contribution in [2.75, 3.05) is 13.1 Å². The third kappa shape index (κ3) is 5.79. The van der Waals surface area contributed by atoms with Gasteiger partial charge in [0.1, 0.15) is 5.82 Å². The van der Waals surface area contributed by atoms with Crippen LogP contribution in [0.1, 0.15) is 18.9 Å². The van der Waals surface area contributed by atoms with Gasteiger partial charge in [0, 0.05) is 19.6 Å². The smallest absolute Gasteiger partial charge is 0.307 e. The van der Waals surface area contributed by atoms with E-state index in [1.54, 1.807) is 24.0 Å². The third-order valence-electron chi connectivity index (χ3n) is 2.89. The Bertz CT molecular complexity index is 478. The van der Waals surface area contributed by atoms with Crippen molar-refractivity contribution < 1.29 is 24.2 Å². The van der Waals surface area contributed by atoms with Crippen molar-refractivity contribution in [3.63, 3.8) is 0 Å². The lowest BCUT2D eigenvalue weighted by atomic mass is 10.1. The predicted octanol–water partition coefficient (Wildman–Crippen LogP) is 1.82. The molecule has 1 aromatic rings. The van der Waals surface area contributed by atoms with Gasteiger partial charge in [0.15, 0.2) is 0 Å². The number of aliphatic carboxylic acids is 2. The van der Waals surface area contributed by atoms with Crippen molar-refractivity contribution in [1.29, 1.82) is 0 Å². The first kappa shape index (κ1) is 16.1. The molecule has 1 aromatic carbocycles. The summed E-state index contributed by atoms with van der Waals surface area (Å²) in [7, 11) is 0. The summed E-state index contributed by atoms with van der Waals surface area (Å²) in [6.07, 6.45) is -0.0817. The number of hydrogen-bond acceptors (Lipinski definition) is 3. The highest BCUT2D eigenvalue weighted by molar-refractivity contribution is 5.69. The number of rotatable bonds is 8. The second-order valence-corrected chi connectivity index (χ2v) is 4.75. The summed E-state index contributed by atoms with van der Waals surface area (Å²) in [6.45, 7) is 2.33. The SMILES string of the molecule is CC(CN(CCC(=O)O)Cc1cccc(F)c1)C(=O)O. The molecule has 2 N–H and O–H groups in total. The minimum atomic E-state index is -0.947. The van der Waals surface area contributed by atoms with Gasteiger partial charge in [-0.1, -0.05) is 19.1 Å². The van der Waals surface area contributed by atoms with Crippen LogP contribution >= 0.6 is 0 Å². The Labute approximate surface area is 116 Å². The lowest BCUT2D eigenvalue weighted by Crippen LogP contribution is -2.33. The molecule has 110 valence electrons. The first-order chi connectivity index (χ1) is 9.38. The highest BCUT2D eigenvalue weighted by atomic mass is 19.1. The fourth-order valence-corrected chi connectivity index (χ4v) is 1.85. The van der Waals surface area contributed by atoms with Crippen molar-refractivity contribution in [1.82, 2.24) is 4.90 Å². The van der Waals surface area contributed by atoms with Crippen LogP contribution in [-0.4, -0.2) is 40.1 Å². The topological polar surface area (TPSA) is 77.8 Å². The number of halogens is 1. The monoisotopic (exact) mass is 283 g/mol. The van der Waals surface area contributed by atoms with Gasteiger partial charge in [-0.25, -0.2) is 4.39 Å². The molecule has 0 aliphatic carbocycles. The summed E-state index contributed by atoms with van der Waals surface area (Å²) >= 11 is 0. The van der Waals surface area contributed by atoms with Gasteiger partial charge in [-0.05, 0) is 17.7 Å². The molecule has 1 atom stereocenters. The molecule has 5 nitrogen and oxygen atoms in total. The molecular formula is C14H18FNO4. The number of carboxylic acid groups (broad SMARTS) is 2. The fourth-order valence-electron chi connectivity index (χ4n) is 1.85. The number of hydrogen-bond donors (Lipinski definition) is 2. The molecule has 0 aromatic heterocycles. The zero-order valence-corrected chi connectivity index (χ0v) is 11.3. The quantitative estimate of drug-likeness (QED) is 0.761. The summed E-state index contributed by atoms with van der Waals surface area (Å²) in [4.78, 5) is 23.2. The van der Waals surface area contributed by atoms with E-state index in [4.69, 9.17) is 10.2 Å². The molecule has 0 radical (unpaired) electrons. The molecule has 0 heterocycles. The fraction of sp³-hybridized carbons (Fsp3) is 0.429. The van der Waals surface area contributed by atoms with Crippen molar-refractivity contribution in [3.05, 3.63) is 35.6 Å². The standard InChI is InChI=1S/C14H18FNO4/c1-10(14(19)20)8-16(6-5-13(17)18)9-11-3-2-4-12(15)7-11/h2-4,7,10H,5-6,8-9H2,1H3,(H,17,18)(H,19,20). The second kappa shape index (κ2) is 7.59. The van der Waals surface area contributed by atoms with Crippen LogP contribution < -0.4 is 0 Å². The molecule has 6 heteroatoms. The first-order valence-corrected chi connectivity index (χ1v) is 6.30. The van der Waals surface area contributed by atoms with Crippen LogP contribution in [0.2, 0.25) is 0 Å². The molecule has 1 rings (SSSR count). The predicted molar refractivity (Wildman–Crippen MR) is 70.7 cm³/mol. The largest absolute Gasteiger partial charge is 0.481 e. The Morgan fingerprint density at radius 2 is 2.05 bits per heavy atom. The van der Waals surface area contributed by atoms with Crippen LogP contribution in [0, 0.1) is 11.7 Å². The van der Waals surface area contributed by atoms with E-state index in [0.717, 1.165) is 0 Å². The highest BCUT2D eigenvalue weighted by Crippen LogP contribution is 2.10. The molecule has 0 amide bonds. The van der Waals surface area contributed by atoms with Crippen LogP contribution in [0.25, 0.3) is 0 Å². The molecule has 0 fully saturated rings. The first-order valence-electron chi connectivity index (χ1n) is 6.30. The summed E-state index contributed by atoms with van der Waals surface area (Å²) in [5, 5.41) is 17.6. The number of carbonyl (C=O) groups is 2. The van der Waals surface area contributed by atoms with Crippen molar-refractivity contribution >= 4 is 11.9 Å². The lowest BCUT2D eigenvalue weighted by molar-refractivity contribution is -0.141. The summed E-state index contributed by atoms with van der Waals surface area (Å²) in [5.41, 5.74) is 0.688. The molecule has 1 unspecified atom stereocenters. The van der Waals surface area contributed by atoms with Crippen LogP contribution in [0.3, 0.4) is 0 Å². The van der Waals surface area contributed by atoms with Gasteiger partial charge in [0.05, 0.1) is 12.3 Å². The summed E-state index contributed by atoms with van der Waals surface area (Å²) in [6, 6.07) is 5.98. The molecular weight excluding hydrogens is 265 g/mol. The zero-order valence-electron chi connectivity index (χ0n) is 11.3. The molecule has 0 aliphatic rings. The van der Waals surface area contributed by atoms with Gasteiger partial charge < -0.3 is 10.2 Å². The maximum atomic E-state index is 13.1. The van der Waals surface area contributed by atoms with E-state index < -0.39 is 17.9 Å². The van der Waals surface area contributed by atoms with Gasteiger partial charge >= 0.3 is 11.9 Å². The van der Waals surface area contributed by atoms with Gasteiger partial charge in [-0.2, -0.15) is 0 Å². The van der Waals surface area contributed by atoms with Gasteiger partial charge in [0.2, 0.25) is 0 Å². The van der Waals surface area contributed by atoms with E-state index in [9.17, 15) is 14.0 Å². The average molecular weight is 283 g/mol. The van der Waals surface area contributed by atoms with E-state index >= 15 is 0 Å². The summed E-state index contributed by atoms with van der Waals surface area (Å²) in [5.74, 6) is -2.87. The van der Waals surface area contributed by atoms with E-state index in [0.29, 0.717) is 12.1 Å². The van der Waals surface area contributed by atoms with Gasteiger partial charge in [-0.15, -0.1) is 0 Å². The number of benzene rings is 1. The number of carboxylic acids is 2. The lowest BCUT2D eigenvalue weighted by Gasteiger charge is -2.23. The van der Waals surface area contributed by atoms with E-state index in [-0.39, 0.29) is 25.3 Å². The Kier molecular flexibility index (Phi) is 6.11. The van der Waals surface area contributed by atoms with Gasteiger partial charge in [-0.3, -0.25) is 14.5 Å². The number of nitrogens with zero attached hydrogens (tertiary/aromatic N) is 1. The Hall–Kier alpha value is -1.95. The minimum Gasteiger partial charge on any atom is -0.481 e. The normalized spacial score (nSPS) is 12.3. The van der Waals surface area contributed by atoms with Crippen molar-refractivity contribution in [2.45, 2.75) is 19.9 Å². The maximum Gasteiger partial charge on any atom is 0.307 e. The van der Waals surface area contributed by atoms with Crippen LogP contribution in [0.15, 0.2) is 24.3 Å². The molecule has 0 aliphatic heterocycles. The van der Waals surface area contributed by atoms with E-state index in [1.165, 1.54) is 12.1 Å². The summed E-state index contributed by atoms with van der Waals surface area (Å²) < 4.78 is 13.1. The van der Waals surface area contributed by atoms with E-state index in [2.05, 4.69) is 0 Å². The van der Waals surface area contributed by atoms with E-state index in [1.807, 2.05) is 0 Å². The molecule has 20 heavy (non-hydrogen) atoms.